The van der Waals surface area contributed by atoms with Crippen LogP contribution in [0.2, 0.25) is 0 Å². The molecule has 0 spiro atoms. The van der Waals surface area contributed by atoms with Gasteiger partial charge in [-0.25, -0.2) is 0 Å². The smallest absolute Gasteiger partial charge is 0.122 e. The summed E-state index contributed by atoms with van der Waals surface area (Å²) in [5, 5.41) is 11.2. The van der Waals surface area contributed by atoms with Crippen molar-refractivity contribution in [1.82, 2.24) is 20.3 Å². The van der Waals surface area contributed by atoms with Gasteiger partial charge in [0.25, 0.3) is 0 Å². The van der Waals surface area contributed by atoms with Crippen LogP contribution in [0.25, 0.3) is 0 Å². The summed E-state index contributed by atoms with van der Waals surface area (Å²) in [5.74, 6) is 0.892. The number of hydrogen-bond acceptors (Lipinski definition) is 4. The zero-order chi connectivity index (χ0) is 13.1. The third-order valence-electron chi connectivity index (χ3n) is 3.10. The largest absolute Gasteiger partial charge is 0.496 e. The molecule has 0 amide bonds. The van der Waals surface area contributed by atoms with Crippen molar-refractivity contribution < 1.29 is 4.74 Å². The van der Waals surface area contributed by atoms with Crippen LogP contribution in [0.4, 0.5) is 0 Å². The third kappa shape index (κ3) is 2.22. The maximum atomic E-state index is 5.36. The molecule has 1 atom stereocenters. The molecule has 2 aromatic rings. The summed E-state index contributed by atoms with van der Waals surface area (Å²) in [4.78, 5) is 0. The number of methoxy groups -OCH3 is 1. The summed E-state index contributed by atoms with van der Waals surface area (Å²) < 4.78 is 7.13. The van der Waals surface area contributed by atoms with Crippen LogP contribution >= 0.6 is 0 Å². The molecule has 1 N–H and O–H groups in total. The number of aromatic nitrogens is 3. The average molecular weight is 246 g/mol. The number of ether oxygens (including phenoxy) is 1. The maximum absolute atomic E-state index is 5.36. The van der Waals surface area contributed by atoms with Crippen molar-refractivity contribution in [2.24, 2.45) is 7.05 Å². The van der Waals surface area contributed by atoms with Crippen molar-refractivity contribution in [3.63, 3.8) is 0 Å². The zero-order valence-corrected chi connectivity index (χ0v) is 11.1. The normalized spacial score (nSPS) is 12.4. The number of rotatable bonds is 4. The van der Waals surface area contributed by atoms with Crippen LogP contribution in [-0.2, 0) is 7.05 Å². The quantitative estimate of drug-likeness (QED) is 0.887. The Morgan fingerprint density at radius 1 is 1.39 bits per heavy atom. The summed E-state index contributed by atoms with van der Waals surface area (Å²) in [5.41, 5.74) is 3.27. The van der Waals surface area contributed by atoms with Gasteiger partial charge in [0.1, 0.15) is 5.75 Å². The summed E-state index contributed by atoms with van der Waals surface area (Å²) in [6.07, 6.45) is 1.77. The minimum atomic E-state index is 0.0551. The molecule has 0 aliphatic heterocycles. The van der Waals surface area contributed by atoms with Gasteiger partial charge in [-0.1, -0.05) is 17.3 Å². The first-order chi connectivity index (χ1) is 8.67. The summed E-state index contributed by atoms with van der Waals surface area (Å²) in [6, 6.07) is 6.25. The fourth-order valence-corrected chi connectivity index (χ4v) is 2.06. The predicted octanol–water partition coefficient (Wildman–Crippen LogP) is 1.44. The Bertz CT molecular complexity index is 536. The van der Waals surface area contributed by atoms with E-state index in [2.05, 4.69) is 27.8 Å². The molecule has 0 saturated carbocycles. The van der Waals surface area contributed by atoms with Crippen LogP contribution in [0.15, 0.2) is 24.4 Å². The van der Waals surface area contributed by atoms with Gasteiger partial charge in [0, 0.05) is 7.05 Å². The number of aryl methyl sites for hydroxylation is 2. The van der Waals surface area contributed by atoms with Gasteiger partial charge in [-0.15, -0.1) is 5.10 Å². The number of hydrogen-bond donors (Lipinski definition) is 1. The van der Waals surface area contributed by atoms with Gasteiger partial charge in [0.05, 0.1) is 25.0 Å². The Morgan fingerprint density at radius 3 is 2.72 bits per heavy atom. The second-order valence-corrected chi connectivity index (χ2v) is 4.23. The molecule has 0 radical (unpaired) electrons. The molecule has 0 aliphatic carbocycles. The number of nitrogens with zero attached hydrogens (tertiary/aromatic N) is 3. The van der Waals surface area contributed by atoms with Crippen LogP contribution < -0.4 is 10.1 Å². The average Bonchev–Trinajstić information content (AvgIpc) is 2.79. The molecule has 0 aliphatic rings. The topological polar surface area (TPSA) is 52.0 Å². The lowest BCUT2D eigenvalue weighted by Gasteiger charge is -2.17. The Balaban J connectivity index is 2.42. The first kappa shape index (κ1) is 12.6. The molecule has 18 heavy (non-hydrogen) atoms. The van der Waals surface area contributed by atoms with Crippen molar-refractivity contribution >= 4 is 0 Å². The summed E-state index contributed by atoms with van der Waals surface area (Å²) in [7, 11) is 5.49. The van der Waals surface area contributed by atoms with Crippen molar-refractivity contribution in [3.05, 3.63) is 41.2 Å². The summed E-state index contributed by atoms with van der Waals surface area (Å²) >= 11 is 0. The van der Waals surface area contributed by atoms with Crippen molar-refractivity contribution in [2.75, 3.05) is 14.2 Å². The number of benzene rings is 1. The minimum absolute atomic E-state index is 0.0551. The Hall–Kier alpha value is -1.88. The molecule has 0 saturated heterocycles. The molecule has 5 nitrogen and oxygen atoms in total. The molecule has 96 valence electrons. The molecule has 5 heteroatoms. The van der Waals surface area contributed by atoms with E-state index in [1.165, 1.54) is 0 Å². The van der Waals surface area contributed by atoms with Crippen LogP contribution in [0, 0.1) is 6.92 Å². The lowest BCUT2D eigenvalue weighted by molar-refractivity contribution is 0.410. The van der Waals surface area contributed by atoms with Crippen molar-refractivity contribution in [1.29, 1.82) is 0 Å². The van der Waals surface area contributed by atoms with Crippen LogP contribution in [0.5, 0.6) is 5.75 Å². The van der Waals surface area contributed by atoms with Gasteiger partial charge in [0.15, 0.2) is 0 Å². The molecular weight excluding hydrogens is 228 g/mol. The van der Waals surface area contributed by atoms with E-state index in [1.807, 2.05) is 27.1 Å². The SMILES string of the molecule is CNC(c1ccc(C)c(OC)c1)c1cnnn1C. The molecular formula is C13H18N4O. The minimum Gasteiger partial charge on any atom is -0.496 e. The first-order valence-electron chi connectivity index (χ1n) is 5.83. The highest BCUT2D eigenvalue weighted by molar-refractivity contribution is 5.39. The highest BCUT2D eigenvalue weighted by Gasteiger charge is 2.17. The van der Waals surface area contributed by atoms with E-state index in [4.69, 9.17) is 4.74 Å². The molecule has 0 bridgehead atoms. The highest BCUT2D eigenvalue weighted by Crippen LogP contribution is 2.26. The molecule has 2 rings (SSSR count). The molecule has 0 fully saturated rings. The van der Waals surface area contributed by atoms with E-state index in [9.17, 15) is 0 Å². The number of nitrogens with one attached hydrogen (secondary N) is 1. The van der Waals surface area contributed by atoms with Gasteiger partial charge in [-0.3, -0.25) is 4.68 Å². The van der Waals surface area contributed by atoms with Gasteiger partial charge in [-0.05, 0) is 31.2 Å². The lowest BCUT2D eigenvalue weighted by Crippen LogP contribution is -2.20. The zero-order valence-electron chi connectivity index (χ0n) is 11.1. The molecule has 1 heterocycles. The Labute approximate surface area is 107 Å². The molecule has 1 unspecified atom stereocenters. The van der Waals surface area contributed by atoms with E-state index >= 15 is 0 Å². The predicted molar refractivity (Wildman–Crippen MR) is 69.6 cm³/mol. The highest BCUT2D eigenvalue weighted by atomic mass is 16.5. The summed E-state index contributed by atoms with van der Waals surface area (Å²) in [6.45, 7) is 2.03. The van der Waals surface area contributed by atoms with Gasteiger partial charge < -0.3 is 10.1 Å². The van der Waals surface area contributed by atoms with Crippen LogP contribution in [-0.4, -0.2) is 29.2 Å². The Kier molecular flexibility index (Phi) is 3.62. The third-order valence-corrected chi connectivity index (χ3v) is 3.10. The fourth-order valence-electron chi connectivity index (χ4n) is 2.06. The van der Waals surface area contributed by atoms with E-state index in [0.29, 0.717) is 0 Å². The second kappa shape index (κ2) is 5.18. The van der Waals surface area contributed by atoms with E-state index < -0.39 is 0 Å². The fraction of sp³-hybridized carbons (Fsp3) is 0.385. The van der Waals surface area contributed by atoms with Crippen molar-refractivity contribution in [3.8, 4) is 5.75 Å². The standard InChI is InChI=1S/C13H18N4O/c1-9-5-6-10(7-12(9)18-4)13(14-2)11-8-15-16-17(11)3/h5-8,13-14H,1-4H3. The second-order valence-electron chi connectivity index (χ2n) is 4.23. The van der Waals surface area contributed by atoms with Gasteiger partial charge in [0.2, 0.25) is 0 Å². The Morgan fingerprint density at radius 2 is 2.17 bits per heavy atom. The van der Waals surface area contributed by atoms with E-state index in [-0.39, 0.29) is 6.04 Å². The maximum Gasteiger partial charge on any atom is 0.122 e. The van der Waals surface area contributed by atoms with Gasteiger partial charge >= 0.3 is 0 Å². The first-order valence-corrected chi connectivity index (χ1v) is 5.83. The van der Waals surface area contributed by atoms with Crippen LogP contribution in [0.3, 0.4) is 0 Å². The van der Waals surface area contributed by atoms with Gasteiger partial charge in [-0.2, -0.15) is 0 Å². The molecule has 1 aromatic carbocycles. The molecule has 1 aromatic heterocycles. The van der Waals surface area contributed by atoms with Crippen LogP contribution in [0.1, 0.15) is 22.9 Å². The lowest BCUT2D eigenvalue weighted by atomic mass is 10.0. The van der Waals surface area contributed by atoms with E-state index in [1.54, 1.807) is 18.0 Å². The van der Waals surface area contributed by atoms with E-state index in [0.717, 1.165) is 22.6 Å². The van der Waals surface area contributed by atoms with Crippen molar-refractivity contribution in [2.45, 2.75) is 13.0 Å². The monoisotopic (exact) mass is 246 g/mol.